The summed E-state index contributed by atoms with van der Waals surface area (Å²) in [5.74, 6) is 3.54. The smallest absolute Gasteiger partial charge is 0.0255 e. The van der Waals surface area contributed by atoms with Crippen LogP contribution in [0.1, 0.15) is 32.1 Å². The van der Waals surface area contributed by atoms with Gasteiger partial charge in [0.2, 0.25) is 0 Å². The molecule has 2 atom stereocenters. The molecule has 1 aliphatic carbocycles. The monoisotopic (exact) mass is 283 g/mol. The van der Waals surface area contributed by atoms with Crippen LogP contribution in [-0.2, 0) is 0 Å². The van der Waals surface area contributed by atoms with E-state index < -0.39 is 0 Å². The third-order valence-corrected chi connectivity index (χ3v) is 6.60. The van der Waals surface area contributed by atoms with Gasteiger partial charge >= 0.3 is 0 Å². The number of nitrogens with zero attached hydrogens (tertiary/aromatic N) is 2. The number of nitrogens with two attached hydrogens (primary N) is 1. The fraction of sp³-hybridized carbons (Fsp3) is 1.00. The molecular weight excluding hydrogens is 254 g/mol. The molecule has 3 fully saturated rings. The molecule has 110 valence electrons. The summed E-state index contributed by atoms with van der Waals surface area (Å²) in [4.78, 5) is 5.45. The first kappa shape index (κ1) is 14.2. The molecule has 0 aromatic carbocycles. The summed E-state index contributed by atoms with van der Waals surface area (Å²) in [5, 5.41) is 0. The van der Waals surface area contributed by atoms with Crippen molar-refractivity contribution < 1.29 is 0 Å². The zero-order valence-electron chi connectivity index (χ0n) is 12.1. The van der Waals surface area contributed by atoms with E-state index in [0.717, 1.165) is 18.5 Å². The Morgan fingerprint density at radius 3 is 2.37 bits per heavy atom. The van der Waals surface area contributed by atoms with Crippen molar-refractivity contribution in [3.8, 4) is 0 Å². The van der Waals surface area contributed by atoms with E-state index in [1.165, 1.54) is 69.8 Å². The maximum Gasteiger partial charge on any atom is 0.0255 e. The molecule has 2 N–H and O–H groups in total. The molecular formula is C15H29N3S. The van der Waals surface area contributed by atoms with Crippen LogP contribution in [-0.4, -0.2) is 66.1 Å². The largest absolute Gasteiger partial charge is 0.329 e. The highest BCUT2D eigenvalue weighted by Gasteiger charge is 2.33. The first-order valence-corrected chi connectivity index (χ1v) is 9.30. The molecule has 3 rings (SSSR count). The molecule has 0 amide bonds. The van der Waals surface area contributed by atoms with Gasteiger partial charge in [-0.3, -0.25) is 9.80 Å². The summed E-state index contributed by atoms with van der Waals surface area (Å²) in [6, 6.07) is 1.56. The Bertz CT molecular complexity index is 267. The van der Waals surface area contributed by atoms with Crippen molar-refractivity contribution in [2.75, 3.05) is 44.2 Å². The van der Waals surface area contributed by atoms with Crippen molar-refractivity contribution in [3.05, 3.63) is 0 Å². The predicted octanol–water partition coefficient (Wildman–Crippen LogP) is 1.63. The fourth-order valence-electron chi connectivity index (χ4n) is 4.20. The lowest BCUT2D eigenvalue weighted by Gasteiger charge is -2.43. The molecule has 3 nitrogen and oxygen atoms in total. The normalized spacial score (nSPS) is 33.0. The Morgan fingerprint density at radius 1 is 1.05 bits per heavy atom. The van der Waals surface area contributed by atoms with Crippen LogP contribution in [0.3, 0.4) is 0 Å². The van der Waals surface area contributed by atoms with Crippen molar-refractivity contribution in [3.63, 3.8) is 0 Å². The van der Waals surface area contributed by atoms with Crippen LogP contribution < -0.4 is 5.73 Å². The maximum atomic E-state index is 6.08. The summed E-state index contributed by atoms with van der Waals surface area (Å²) in [6.45, 7) is 5.91. The van der Waals surface area contributed by atoms with Crippen LogP contribution in [0.5, 0.6) is 0 Å². The molecule has 0 spiro atoms. The summed E-state index contributed by atoms with van der Waals surface area (Å²) >= 11 is 2.12. The highest BCUT2D eigenvalue weighted by Crippen LogP contribution is 2.30. The minimum atomic E-state index is 0.653. The second kappa shape index (κ2) is 6.79. The Balaban J connectivity index is 1.50. The molecule has 2 saturated heterocycles. The molecule has 1 saturated carbocycles. The summed E-state index contributed by atoms with van der Waals surface area (Å²) in [7, 11) is 0. The average molecular weight is 283 g/mol. The topological polar surface area (TPSA) is 32.5 Å². The lowest BCUT2D eigenvalue weighted by Crippen LogP contribution is -2.56. The van der Waals surface area contributed by atoms with Crippen molar-refractivity contribution in [1.29, 1.82) is 0 Å². The van der Waals surface area contributed by atoms with E-state index in [1.807, 2.05) is 0 Å². The lowest BCUT2D eigenvalue weighted by atomic mass is 9.97. The molecule has 0 radical (unpaired) electrons. The highest BCUT2D eigenvalue weighted by atomic mass is 32.2. The van der Waals surface area contributed by atoms with E-state index in [-0.39, 0.29) is 0 Å². The lowest BCUT2D eigenvalue weighted by molar-refractivity contribution is 0.0566. The van der Waals surface area contributed by atoms with Gasteiger partial charge in [0.15, 0.2) is 0 Å². The fourth-order valence-corrected chi connectivity index (χ4v) is 5.53. The van der Waals surface area contributed by atoms with Crippen LogP contribution in [0.15, 0.2) is 0 Å². The zero-order valence-corrected chi connectivity index (χ0v) is 12.9. The van der Waals surface area contributed by atoms with Gasteiger partial charge in [-0.15, -0.1) is 0 Å². The quantitative estimate of drug-likeness (QED) is 0.850. The molecule has 2 aliphatic heterocycles. The highest BCUT2D eigenvalue weighted by molar-refractivity contribution is 7.99. The standard InChI is InChI=1S/C15H29N3S/c16-11-15(13-5-10-19-12-13)18-8-6-17(7-9-18)14-3-1-2-4-14/h13-15H,1-12,16H2. The van der Waals surface area contributed by atoms with Crippen LogP contribution in [0.2, 0.25) is 0 Å². The van der Waals surface area contributed by atoms with E-state index in [1.54, 1.807) is 0 Å². The van der Waals surface area contributed by atoms with E-state index in [2.05, 4.69) is 21.6 Å². The molecule has 0 aromatic heterocycles. The Kier molecular flexibility index (Phi) is 5.07. The number of rotatable bonds is 4. The van der Waals surface area contributed by atoms with Gasteiger partial charge in [0.25, 0.3) is 0 Å². The maximum absolute atomic E-state index is 6.08. The first-order chi connectivity index (χ1) is 9.38. The minimum absolute atomic E-state index is 0.653. The van der Waals surface area contributed by atoms with Crippen LogP contribution in [0, 0.1) is 5.92 Å². The molecule has 2 heterocycles. The molecule has 0 aromatic rings. The minimum Gasteiger partial charge on any atom is -0.329 e. The number of thioether (sulfide) groups is 1. The van der Waals surface area contributed by atoms with Gasteiger partial charge in [-0.25, -0.2) is 0 Å². The number of hydrogen-bond donors (Lipinski definition) is 1. The van der Waals surface area contributed by atoms with Gasteiger partial charge in [0, 0.05) is 44.8 Å². The van der Waals surface area contributed by atoms with Crippen molar-refractivity contribution >= 4 is 11.8 Å². The van der Waals surface area contributed by atoms with E-state index >= 15 is 0 Å². The molecule has 2 unspecified atom stereocenters. The van der Waals surface area contributed by atoms with E-state index in [9.17, 15) is 0 Å². The molecule has 4 heteroatoms. The van der Waals surface area contributed by atoms with Gasteiger partial charge in [-0.2, -0.15) is 11.8 Å². The number of hydrogen-bond acceptors (Lipinski definition) is 4. The van der Waals surface area contributed by atoms with Gasteiger partial charge < -0.3 is 5.73 Å². The average Bonchev–Trinajstić information content (AvgIpc) is 3.14. The van der Waals surface area contributed by atoms with Gasteiger partial charge in [0.05, 0.1) is 0 Å². The number of piperazine rings is 1. The van der Waals surface area contributed by atoms with Crippen molar-refractivity contribution in [1.82, 2.24) is 9.80 Å². The van der Waals surface area contributed by atoms with Crippen molar-refractivity contribution in [2.24, 2.45) is 11.7 Å². The van der Waals surface area contributed by atoms with Gasteiger partial charge in [-0.05, 0) is 36.7 Å². The van der Waals surface area contributed by atoms with E-state index in [4.69, 9.17) is 5.73 Å². The van der Waals surface area contributed by atoms with Gasteiger partial charge in [0.1, 0.15) is 0 Å². The SMILES string of the molecule is NCC(C1CCSC1)N1CCN(C2CCCC2)CC1. The molecule has 3 aliphatic rings. The van der Waals surface area contributed by atoms with Gasteiger partial charge in [-0.1, -0.05) is 12.8 Å². The van der Waals surface area contributed by atoms with Crippen LogP contribution >= 0.6 is 11.8 Å². The third-order valence-electron chi connectivity index (χ3n) is 5.41. The Labute approximate surface area is 122 Å². The Morgan fingerprint density at radius 2 is 1.79 bits per heavy atom. The molecule has 19 heavy (non-hydrogen) atoms. The predicted molar refractivity (Wildman–Crippen MR) is 83.7 cm³/mol. The summed E-state index contributed by atoms with van der Waals surface area (Å²) in [6.07, 6.45) is 7.18. The van der Waals surface area contributed by atoms with Crippen molar-refractivity contribution in [2.45, 2.75) is 44.2 Å². The second-order valence-corrected chi connectivity index (χ2v) is 7.59. The Hall–Kier alpha value is 0.230. The zero-order chi connectivity index (χ0) is 13.1. The first-order valence-electron chi connectivity index (χ1n) is 8.14. The van der Waals surface area contributed by atoms with Crippen LogP contribution in [0.25, 0.3) is 0 Å². The van der Waals surface area contributed by atoms with Crippen LogP contribution in [0.4, 0.5) is 0 Å². The summed E-state index contributed by atoms with van der Waals surface area (Å²) < 4.78 is 0. The second-order valence-electron chi connectivity index (χ2n) is 6.44. The third kappa shape index (κ3) is 3.29. The summed E-state index contributed by atoms with van der Waals surface area (Å²) in [5.41, 5.74) is 6.08. The molecule has 0 bridgehead atoms. The van der Waals surface area contributed by atoms with E-state index in [0.29, 0.717) is 6.04 Å².